The summed E-state index contributed by atoms with van der Waals surface area (Å²) >= 11 is 0. The van der Waals surface area contributed by atoms with Crippen molar-refractivity contribution in [3.8, 4) is 0 Å². The van der Waals surface area contributed by atoms with Gasteiger partial charge in [0.25, 0.3) is 0 Å². The van der Waals surface area contributed by atoms with Gasteiger partial charge < -0.3 is 5.73 Å². The van der Waals surface area contributed by atoms with Gasteiger partial charge in [-0.3, -0.25) is 4.90 Å². The Bertz CT molecular complexity index is 167. The lowest BCUT2D eigenvalue weighted by molar-refractivity contribution is -0.00110. The molecule has 0 bridgehead atoms. The summed E-state index contributed by atoms with van der Waals surface area (Å²) in [6.45, 7) is 5.82. The van der Waals surface area contributed by atoms with Crippen molar-refractivity contribution >= 4 is 0 Å². The van der Waals surface area contributed by atoms with Gasteiger partial charge >= 0.3 is 0 Å². The average Bonchev–Trinajstić information content (AvgIpc) is 2.02. The third-order valence-corrected chi connectivity index (χ3v) is 4.24. The largest absolute Gasteiger partial charge is 0.329 e. The van der Waals surface area contributed by atoms with Crippen LogP contribution in [0.15, 0.2) is 0 Å². The van der Waals surface area contributed by atoms with Gasteiger partial charge in [-0.1, -0.05) is 13.3 Å². The zero-order chi connectivity index (χ0) is 9.31. The molecule has 2 heteroatoms. The average molecular weight is 182 g/mol. The van der Waals surface area contributed by atoms with E-state index < -0.39 is 0 Å². The van der Waals surface area contributed by atoms with Crippen LogP contribution < -0.4 is 5.73 Å². The molecule has 1 aliphatic heterocycles. The lowest BCUT2D eigenvalue weighted by Gasteiger charge is -2.50. The number of rotatable bonds is 4. The summed E-state index contributed by atoms with van der Waals surface area (Å²) in [5.41, 5.74) is 6.39. The molecular formula is C11H22N2. The molecule has 1 atom stereocenters. The van der Waals surface area contributed by atoms with E-state index in [4.69, 9.17) is 5.73 Å². The Morgan fingerprint density at radius 1 is 1.46 bits per heavy atom. The minimum atomic E-state index is 0.688. The molecule has 0 aromatic carbocycles. The Morgan fingerprint density at radius 3 is 2.54 bits per heavy atom. The molecule has 0 amide bonds. The van der Waals surface area contributed by atoms with Crippen LogP contribution in [0.3, 0.4) is 0 Å². The number of likely N-dealkylation sites (tertiary alicyclic amines) is 1. The number of nitrogens with two attached hydrogens (primary N) is 1. The fourth-order valence-electron chi connectivity index (χ4n) is 2.70. The van der Waals surface area contributed by atoms with Gasteiger partial charge in [0.1, 0.15) is 0 Å². The molecule has 1 saturated carbocycles. The predicted octanol–water partition coefficient (Wildman–Crippen LogP) is 1.60. The van der Waals surface area contributed by atoms with Crippen molar-refractivity contribution in [3.05, 3.63) is 0 Å². The van der Waals surface area contributed by atoms with Gasteiger partial charge in [-0.25, -0.2) is 0 Å². The van der Waals surface area contributed by atoms with Crippen molar-refractivity contribution in [1.82, 2.24) is 4.90 Å². The molecule has 1 unspecified atom stereocenters. The Labute approximate surface area is 81.5 Å². The van der Waals surface area contributed by atoms with Crippen LogP contribution in [0.25, 0.3) is 0 Å². The highest BCUT2D eigenvalue weighted by Crippen LogP contribution is 2.45. The Kier molecular flexibility index (Phi) is 2.61. The first-order valence-electron chi connectivity index (χ1n) is 5.74. The molecule has 13 heavy (non-hydrogen) atoms. The normalized spacial score (nSPS) is 32.3. The van der Waals surface area contributed by atoms with Crippen molar-refractivity contribution in [1.29, 1.82) is 0 Å². The molecule has 2 fully saturated rings. The summed E-state index contributed by atoms with van der Waals surface area (Å²) in [7, 11) is 0. The Hall–Kier alpha value is -0.0800. The van der Waals surface area contributed by atoms with E-state index in [2.05, 4.69) is 11.8 Å². The summed E-state index contributed by atoms with van der Waals surface area (Å²) in [6.07, 6.45) is 7.06. The number of hydrogen-bond donors (Lipinski definition) is 1. The standard InChI is InChI=1S/C11H22N2/c1-2-11(5-3-6-11)9-13-7-4-10(13)8-12/h10H,2-9,12H2,1H3. The number of nitrogens with zero attached hydrogens (tertiary/aromatic N) is 1. The zero-order valence-corrected chi connectivity index (χ0v) is 8.76. The fourth-order valence-corrected chi connectivity index (χ4v) is 2.70. The molecule has 1 saturated heterocycles. The summed E-state index contributed by atoms with van der Waals surface area (Å²) in [6, 6.07) is 0.712. The van der Waals surface area contributed by atoms with Gasteiger partial charge in [0, 0.05) is 25.7 Å². The van der Waals surface area contributed by atoms with E-state index in [1.54, 1.807) is 0 Å². The second-order valence-electron chi connectivity index (χ2n) is 4.86. The molecule has 0 aromatic heterocycles. The highest BCUT2D eigenvalue weighted by molar-refractivity contribution is 4.94. The van der Waals surface area contributed by atoms with E-state index in [1.165, 1.54) is 45.2 Å². The second kappa shape index (κ2) is 3.58. The van der Waals surface area contributed by atoms with E-state index in [-0.39, 0.29) is 0 Å². The molecule has 2 nitrogen and oxygen atoms in total. The van der Waals surface area contributed by atoms with Crippen molar-refractivity contribution < 1.29 is 0 Å². The molecule has 0 aromatic rings. The van der Waals surface area contributed by atoms with Crippen LogP contribution in [0.2, 0.25) is 0 Å². The lowest BCUT2D eigenvalue weighted by atomic mass is 9.66. The summed E-state index contributed by atoms with van der Waals surface area (Å²) < 4.78 is 0. The highest BCUT2D eigenvalue weighted by atomic mass is 15.2. The Balaban J connectivity index is 1.82. The van der Waals surface area contributed by atoms with Gasteiger partial charge in [0.2, 0.25) is 0 Å². The Morgan fingerprint density at radius 2 is 2.23 bits per heavy atom. The molecular weight excluding hydrogens is 160 g/mol. The lowest BCUT2D eigenvalue weighted by Crippen LogP contribution is -2.56. The zero-order valence-electron chi connectivity index (χ0n) is 8.76. The molecule has 1 aliphatic carbocycles. The molecule has 1 heterocycles. The van der Waals surface area contributed by atoms with Crippen LogP contribution in [0.4, 0.5) is 0 Å². The van der Waals surface area contributed by atoms with E-state index in [1.807, 2.05) is 0 Å². The van der Waals surface area contributed by atoms with E-state index in [9.17, 15) is 0 Å². The fraction of sp³-hybridized carbons (Fsp3) is 1.00. The van der Waals surface area contributed by atoms with Crippen molar-refractivity contribution in [2.24, 2.45) is 11.1 Å². The maximum atomic E-state index is 5.70. The summed E-state index contributed by atoms with van der Waals surface area (Å²) in [4.78, 5) is 2.60. The minimum absolute atomic E-state index is 0.688. The van der Waals surface area contributed by atoms with Crippen molar-refractivity contribution in [2.75, 3.05) is 19.6 Å². The van der Waals surface area contributed by atoms with Gasteiger partial charge in [-0.05, 0) is 31.1 Å². The topological polar surface area (TPSA) is 29.3 Å². The minimum Gasteiger partial charge on any atom is -0.329 e. The first kappa shape index (κ1) is 9.47. The van der Waals surface area contributed by atoms with E-state index in [0.717, 1.165) is 6.54 Å². The SMILES string of the molecule is CCC1(CN2CCC2CN)CCC1. The van der Waals surface area contributed by atoms with Gasteiger partial charge in [0.15, 0.2) is 0 Å². The maximum absolute atomic E-state index is 5.70. The van der Waals surface area contributed by atoms with Crippen LogP contribution in [0.1, 0.15) is 39.0 Å². The smallest absolute Gasteiger partial charge is 0.0230 e. The second-order valence-corrected chi connectivity index (χ2v) is 4.86. The molecule has 0 spiro atoms. The molecule has 2 N–H and O–H groups in total. The van der Waals surface area contributed by atoms with E-state index >= 15 is 0 Å². The molecule has 2 aliphatic rings. The first-order chi connectivity index (χ1) is 6.29. The van der Waals surface area contributed by atoms with Crippen LogP contribution in [-0.2, 0) is 0 Å². The third-order valence-electron chi connectivity index (χ3n) is 4.24. The first-order valence-corrected chi connectivity index (χ1v) is 5.74. The van der Waals surface area contributed by atoms with Crippen LogP contribution in [0, 0.1) is 5.41 Å². The van der Waals surface area contributed by atoms with Gasteiger partial charge in [-0.2, -0.15) is 0 Å². The van der Waals surface area contributed by atoms with Crippen molar-refractivity contribution in [3.63, 3.8) is 0 Å². The molecule has 0 radical (unpaired) electrons. The van der Waals surface area contributed by atoms with E-state index in [0.29, 0.717) is 11.5 Å². The van der Waals surface area contributed by atoms with Crippen LogP contribution >= 0.6 is 0 Å². The van der Waals surface area contributed by atoms with Crippen LogP contribution in [0.5, 0.6) is 0 Å². The third kappa shape index (κ3) is 1.62. The van der Waals surface area contributed by atoms with Gasteiger partial charge in [0.05, 0.1) is 0 Å². The van der Waals surface area contributed by atoms with Gasteiger partial charge in [-0.15, -0.1) is 0 Å². The molecule has 76 valence electrons. The molecule has 2 rings (SSSR count). The van der Waals surface area contributed by atoms with Crippen LogP contribution in [-0.4, -0.2) is 30.6 Å². The van der Waals surface area contributed by atoms with Crippen molar-refractivity contribution in [2.45, 2.75) is 45.1 Å². The highest BCUT2D eigenvalue weighted by Gasteiger charge is 2.40. The monoisotopic (exact) mass is 182 g/mol. The quantitative estimate of drug-likeness (QED) is 0.715. The number of hydrogen-bond acceptors (Lipinski definition) is 2. The summed E-state index contributed by atoms with van der Waals surface area (Å²) in [5.74, 6) is 0. The maximum Gasteiger partial charge on any atom is 0.0230 e. The summed E-state index contributed by atoms with van der Waals surface area (Å²) in [5, 5.41) is 0. The predicted molar refractivity (Wildman–Crippen MR) is 55.6 cm³/mol.